The summed E-state index contributed by atoms with van der Waals surface area (Å²) in [6, 6.07) is 4.48. The Kier molecular flexibility index (Phi) is 5.60. The van der Waals surface area contributed by atoms with Crippen molar-refractivity contribution in [3.05, 3.63) is 29.6 Å². The first-order valence-corrected chi connectivity index (χ1v) is 7.54. The van der Waals surface area contributed by atoms with E-state index in [2.05, 4.69) is 5.32 Å². The Morgan fingerprint density at radius 1 is 1.50 bits per heavy atom. The van der Waals surface area contributed by atoms with Crippen molar-refractivity contribution >= 4 is 6.03 Å². The van der Waals surface area contributed by atoms with Crippen molar-refractivity contribution in [2.45, 2.75) is 32.4 Å². The smallest absolute Gasteiger partial charge is 0.317 e. The minimum absolute atomic E-state index is 0.153. The Labute approximate surface area is 130 Å². The van der Waals surface area contributed by atoms with Crippen LogP contribution in [0, 0.1) is 11.7 Å². The Balaban J connectivity index is 1.82. The van der Waals surface area contributed by atoms with Gasteiger partial charge in [-0.05, 0) is 43.4 Å². The lowest BCUT2D eigenvalue weighted by Crippen LogP contribution is -2.45. The van der Waals surface area contributed by atoms with Crippen LogP contribution in [-0.4, -0.2) is 42.3 Å². The van der Waals surface area contributed by atoms with Gasteiger partial charge in [-0.15, -0.1) is 0 Å². The second kappa shape index (κ2) is 7.45. The van der Waals surface area contributed by atoms with Crippen LogP contribution in [-0.2, 0) is 6.54 Å². The van der Waals surface area contributed by atoms with Crippen molar-refractivity contribution in [1.82, 2.24) is 10.2 Å². The Morgan fingerprint density at radius 2 is 2.18 bits per heavy atom. The van der Waals surface area contributed by atoms with Gasteiger partial charge in [-0.1, -0.05) is 6.07 Å². The number of aliphatic hydroxyl groups is 1. The molecule has 1 fully saturated rings. The van der Waals surface area contributed by atoms with Crippen LogP contribution in [0.5, 0.6) is 5.75 Å². The number of carbonyl (C=O) groups excluding carboxylic acids is 1. The molecule has 122 valence electrons. The van der Waals surface area contributed by atoms with Gasteiger partial charge in [-0.3, -0.25) is 0 Å². The van der Waals surface area contributed by atoms with E-state index in [1.807, 2.05) is 0 Å². The van der Waals surface area contributed by atoms with E-state index in [0.717, 1.165) is 12.8 Å². The first-order valence-electron chi connectivity index (χ1n) is 7.54. The lowest BCUT2D eigenvalue weighted by molar-refractivity contribution is 0.0798. The highest BCUT2D eigenvalue weighted by Gasteiger charge is 2.25. The topological polar surface area (TPSA) is 61.8 Å². The summed E-state index contributed by atoms with van der Waals surface area (Å²) in [6.07, 6.45) is 1.29. The van der Waals surface area contributed by atoms with Gasteiger partial charge in [0.15, 0.2) is 11.6 Å². The molecule has 1 unspecified atom stereocenters. The van der Waals surface area contributed by atoms with E-state index in [9.17, 15) is 14.3 Å². The molecule has 0 saturated carbocycles. The van der Waals surface area contributed by atoms with Crippen LogP contribution in [0.3, 0.4) is 0 Å². The van der Waals surface area contributed by atoms with Gasteiger partial charge < -0.3 is 20.1 Å². The fraction of sp³-hybridized carbons (Fsp3) is 0.562. The van der Waals surface area contributed by atoms with E-state index in [4.69, 9.17) is 4.74 Å². The lowest BCUT2D eigenvalue weighted by Gasteiger charge is -2.33. The van der Waals surface area contributed by atoms with Gasteiger partial charge in [0.1, 0.15) is 0 Å². The molecule has 0 radical (unpaired) electrons. The van der Waals surface area contributed by atoms with Crippen molar-refractivity contribution < 1.29 is 19.0 Å². The molecule has 2 amide bonds. The molecule has 1 aromatic rings. The van der Waals surface area contributed by atoms with Gasteiger partial charge in [0, 0.05) is 19.6 Å². The predicted molar refractivity (Wildman–Crippen MR) is 81.2 cm³/mol. The maximum Gasteiger partial charge on any atom is 0.317 e. The van der Waals surface area contributed by atoms with Gasteiger partial charge in [-0.2, -0.15) is 0 Å². The number of benzene rings is 1. The van der Waals surface area contributed by atoms with Crippen LogP contribution in [0.15, 0.2) is 18.2 Å². The molecule has 1 saturated heterocycles. The molecule has 1 heterocycles. The first-order chi connectivity index (χ1) is 10.5. The second-order valence-electron chi connectivity index (χ2n) is 5.69. The third-order valence-electron chi connectivity index (χ3n) is 4.17. The molecule has 5 nitrogen and oxygen atoms in total. The van der Waals surface area contributed by atoms with Crippen molar-refractivity contribution in [3.8, 4) is 5.75 Å². The summed E-state index contributed by atoms with van der Waals surface area (Å²) >= 11 is 0. The zero-order valence-corrected chi connectivity index (χ0v) is 13.0. The molecule has 1 aliphatic rings. The van der Waals surface area contributed by atoms with Gasteiger partial charge in [-0.25, -0.2) is 9.18 Å². The highest BCUT2D eigenvalue weighted by atomic mass is 19.1. The number of rotatable bonds is 4. The highest BCUT2D eigenvalue weighted by molar-refractivity contribution is 5.74. The average Bonchev–Trinajstić information content (AvgIpc) is 2.52. The fourth-order valence-corrected chi connectivity index (χ4v) is 2.69. The third kappa shape index (κ3) is 4.10. The number of aliphatic hydroxyl groups excluding tert-OH is 1. The summed E-state index contributed by atoms with van der Waals surface area (Å²) in [5.74, 6) is 0.0157. The molecule has 2 N–H and O–H groups in total. The zero-order valence-electron chi connectivity index (χ0n) is 13.0. The van der Waals surface area contributed by atoms with E-state index >= 15 is 0 Å². The number of hydrogen-bond donors (Lipinski definition) is 2. The third-order valence-corrected chi connectivity index (χ3v) is 4.17. The quantitative estimate of drug-likeness (QED) is 0.895. The van der Waals surface area contributed by atoms with Gasteiger partial charge in [0.05, 0.1) is 13.2 Å². The van der Waals surface area contributed by atoms with Gasteiger partial charge >= 0.3 is 6.03 Å². The normalized spacial score (nSPS) is 17.2. The molecule has 0 spiro atoms. The number of nitrogens with zero attached hydrogens (tertiary/aromatic N) is 1. The largest absolute Gasteiger partial charge is 0.494 e. The second-order valence-corrected chi connectivity index (χ2v) is 5.69. The monoisotopic (exact) mass is 310 g/mol. The zero-order chi connectivity index (χ0) is 16.1. The number of piperidine rings is 1. The van der Waals surface area contributed by atoms with Crippen LogP contribution < -0.4 is 10.1 Å². The van der Waals surface area contributed by atoms with Gasteiger partial charge in [0.25, 0.3) is 0 Å². The number of nitrogens with one attached hydrogen (secondary N) is 1. The average molecular weight is 310 g/mol. The van der Waals surface area contributed by atoms with Crippen LogP contribution in [0.25, 0.3) is 0 Å². The molecule has 22 heavy (non-hydrogen) atoms. The van der Waals surface area contributed by atoms with Crippen LogP contribution >= 0.6 is 0 Å². The van der Waals surface area contributed by atoms with E-state index in [1.54, 1.807) is 24.0 Å². The number of urea groups is 1. The summed E-state index contributed by atoms with van der Waals surface area (Å²) in [7, 11) is 1.41. The molecular weight excluding hydrogens is 287 g/mol. The molecule has 2 rings (SSSR count). The van der Waals surface area contributed by atoms with Crippen molar-refractivity contribution in [2.75, 3.05) is 20.2 Å². The van der Waals surface area contributed by atoms with Crippen molar-refractivity contribution in [3.63, 3.8) is 0 Å². The summed E-state index contributed by atoms with van der Waals surface area (Å²) in [6.45, 7) is 3.34. The molecule has 1 aliphatic heterocycles. The molecule has 0 bridgehead atoms. The van der Waals surface area contributed by atoms with Crippen LogP contribution in [0.1, 0.15) is 25.3 Å². The Hall–Kier alpha value is -1.82. The minimum Gasteiger partial charge on any atom is -0.494 e. The Morgan fingerprint density at radius 3 is 2.73 bits per heavy atom. The Bertz CT molecular complexity index is 514. The number of likely N-dealkylation sites (tertiary alicyclic amines) is 1. The van der Waals surface area contributed by atoms with Crippen LogP contribution in [0.4, 0.5) is 9.18 Å². The maximum atomic E-state index is 13.6. The molecule has 0 aromatic heterocycles. The molecule has 1 aromatic carbocycles. The fourth-order valence-electron chi connectivity index (χ4n) is 2.69. The van der Waals surface area contributed by atoms with Crippen molar-refractivity contribution in [2.24, 2.45) is 5.92 Å². The summed E-state index contributed by atoms with van der Waals surface area (Å²) < 4.78 is 18.4. The minimum atomic E-state index is -0.438. The predicted octanol–water partition coefficient (Wildman–Crippen LogP) is 2.14. The van der Waals surface area contributed by atoms with E-state index in [-0.39, 0.29) is 30.3 Å². The summed E-state index contributed by atoms with van der Waals surface area (Å²) in [4.78, 5) is 13.8. The first kappa shape index (κ1) is 16.5. The van der Waals surface area contributed by atoms with Crippen molar-refractivity contribution in [1.29, 1.82) is 0 Å². The van der Waals surface area contributed by atoms with E-state index in [1.165, 1.54) is 13.2 Å². The molecular formula is C16H23FN2O3. The summed E-state index contributed by atoms with van der Waals surface area (Å²) in [5.41, 5.74) is 0.686. The maximum absolute atomic E-state index is 13.6. The van der Waals surface area contributed by atoms with Gasteiger partial charge in [0.2, 0.25) is 0 Å². The SMILES string of the molecule is COc1ccc(CNC(=O)N2CCC(C(C)O)CC2)cc1F. The lowest BCUT2D eigenvalue weighted by atomic mass is 9.92. The number of halogens is 1. The number of carbonyl (C=O) groups is 1. The molecule has 6 heteroatoms. The standard InChI is InChI=1S/C16H23FN2O3/c1-11(20)13-5-7-19(8-6-13)16(21)18-10-12-3-4-15(22-2)14(17)9-12/h3-4,9,11,13,20H,5-8,10H2,1-2H3,(H,18,21). The number of amides is 2. The highest BCUT2D eigenvalue weighted by Crippen LogP contribution is 2.21. The number of hydrogen-bond acceptors (Lipinski definition) is 3. The summed E-state index contributed by atoms with van der Waals surface area (Å²) in [5, 5.41) is 12.4. The molecule has 1 atom stereocenters. The van der Waals surface area contributed by atoms with Crippen LogP contribution in [0.2, 0.25) is 0 Å². The van der Waals surface area contributed by atoms with E-state index < -0.39 is 5.82 Å². The number of methoxy groups -OCH3 is 1. The number of ether oxygens (including phenoxy) is 1. The van der Waals surface area contributed by atoms with E-state index in [0.29, 0.717) is 18.7 Å². The molecule has 0 aliphatic carbocycles.